The second kappa shape index (κ2) is 6.64. The summed E-state index contributed by atoms with van der Waals surface area (Å²) in [4.78, 5) is 4.71. The monoisotopic (exact) mass is 319 g/mol. The number of benzene rings is 2. The first-order valence-corrected chi connectivity index (χ1v) is 6.72. The molecule has 0 saturated carbocycles. The minimum absolute atomic E-state index is 0.395. The number of halogens is 3. The first kappa shape index (κ1) is 14.7. The molecule has 0 atom stereocenters. The van der Waals surface area contributed by atoms with Gasteiger partial charge in [0.05, 0.1) is 23.7 Å². The molecule has 0 aliphatic heterocycles. The van der Waals surface area contributed by atoms with Crippen LogP contribution >= 0.6 is 34.8 Å². The van der Waals surface area contributed by atoms with Gasteiger partial charge in [0.25, 0.3) is 0 Å². The zero-order valence-corrected chi connectivity index (χ0v) is 12.4. The van der Waals surface area contributed by atoms with E-state index in [-0.39, 0.29) is 0 Å². The number of hydrogen-bond acceptors (Lipinski definition) is 3. The number of nitrogens with one attached hydrogen (secondary N) is 1. The fourth-order valence-corrected chi connectivity index (χ4v) is 2.54. The standard InChI is InChI=1S/C13H12Cl3NO2/c1-18-17-4-5-19-13-11(15)7-8-6-9(14)2-3-10(8)12(13)16/h2-3,6-7,17H,4-5H2,1H3. The van der Waals surface area contributed by atoms with E-state index in [1.54, 1.807) is 19.2 Å². The van der Waals surface area contributed by atoms with Gasteiger partial charge in [-0.05, 0) is 23.6 Å². The SMILES string of the molecule is CONCCOc1c(Cl)cc2cc(Cl)ccc2c1Cl. The Bertz CT molecular complexity index is 590. The first-order chi connectivity index (χ1) is 9.13. The molecule has 2 aromatic rings. The molecule has 0 aliphatic carbocycles. The number of ether oxygens (including phenoxy) is 1. The Kier molecular flexibility index (Phi) is 5.13. The lowest BCUT2D eigenvalue weighted by Crippen LogP contribution is -2.19. The van der Waals surface area contributed by atoms with Crippen LogP contribution in [0.2, 0.25) is 15.1 Å². The third-order valence-corrected chi connectivity index (χ3v) is 3.43. The fraction of sp³-hybridized carbons (Fsp3) is 0.231. The average Bonchev–Trinajstić information content (AvgIpc) is 2.37. The lowest BCUT2D eigenvalue weighted by atomic mass is 10.1. The van der Waals surface area contributed by atoms with E-state index in [1.807, 2.05) is 12.1 Å². The smallest absolute Gasteiger partial charge is 0.157 e. The van der Waals surface area contributed by atoms with Crippen molar-refractivity contribution in [1.29, 1.82) is 0 Å². The number of hydroxylamine groups is 1. The van der Waals surface area contributed by atoms with Crippen LogP contribution in [0.25, 0.3) is 10.8 Å². The predicted octanol–water partition coefficient (Wildman–Crippen LogP) is 4.33. The van der Waals surface area contributed by atoms with Crippen LogP contribution in [0.4, 0.5) is 0 Å². The van der Waals surface area contributed by atoms with Crippen LogP contribution in [0.5, 0.6) is 5.75 Å². The topological polar surface area (TPSA) is 30.5 Å². The van der Waals surface area contributed by atoms with Crippen molar-refractivity contribution in [2.24, 2.45) is 0 Å². The van der Waals surface area contributed by atoms with Crippen molar-refractivity contribution in [1.82, 2.24) is 5.48 Å². The van der Waals surface area contributed by atoms with Gasteiger partial charge >= 0.3 is 0 Å². The van der Waals surface area contributed by atoms with Gasteiger partial charge in [0, 0.05) is 10.4 Å². The summed E-state index contributed by atoms with van der Waals surface area (Å²) in [6.45, 7) is 0.925. The third kappa shape index (κ3) is 3.44. The van der Waals surface area contributed by atoms with Crippen LogP contribution in [-0.4, -0.2) is 20.3 Å². The van der Waals surface area contributed by atoms with Gasteiger partial charge in [-0.25, -0.2) is 0 Å². The van der Waals surface area contributed by atoms with Crippen molar-refractivity contribution < 1.29 is 9.57 Å². The van der Waals surface area contributed by atoms with Crippen molar-refractivity contribution in [3.05, 3.63) is 39.3 Å². The van der Waals surface area contributed by atoms with Crippen LogP contribution in [-0.2, 0) is 4.84 Å². The van der Waals surface area contributed by atoms with E-state index < -0.39 is 0 Å². The van der Waals surface area contributed by atoms with Crippen molar-refractivity contribution in [2.75, 3.05) is 20.3 Å². The Hall–Kier alpha value is -0.710. The van der Waals surface area contributed by atoms with E-state index in [2.05, 4.69) is 5.48 Å². The predicted molar refractivity (Wildman–Crippen MR) is 79.5 cm³/mol. The Balaban J connectivity index is 2.31. The molecule has 6 heteroatoms. The fourth-order valence-electron chi connectivity index (χ4n) is 1.71. The molecule has 0 heterocycles. The van der Waals surface area contributed by atoms with Crippen LogP contribution in [0.3, 0.4) is 0 Å². The van der Waals surface area contributed by atoms with Gasteiger partial charge in [-0.15, -0.1) is 0 Å². The maximum Gasteiger partial charge on any atom is 0.157 e. The summed E-state index contributed by atoms with van der Waals surface area (Å²) in [6, 6.07) is 7.22. The summed E-state index contributed by atoms with van der Waals surface area (Å²) in [5, 5.41) is 3.31. The molecule has 2 rings (SSSR count). The molecule has 0 bridgehead atoms. The lowest BCUT2D eigenvalue weighted by molar-refractivity contribution is 0.0808. The highest BCUT2D eigenvalue weighted by Crippen LogP contribution is 2.39. The minimum Gasteiger partial charge on any atom is -0.489 e. The molecule has 0 amide bonds. The molecule has 102 valence electrons. The molecule has 0 fully saturated rings. The van der Waals surface area contributed by atoms with E-state index in [0.29, 0.717) is 34.0 Å². The third-order valence-electron chi connectivity index (χ3n) is 2.54. The first-order valence-electron chi connectivity index (χ1n) is 5.59. The second-order valence-electron chi connectivity index (χ2n) is 3.81. The van der Waals surface area contributed by atoms with E-state index in [9.17, 15) is 0 Å². The zero-order chi connectivity index (χ0) is 13.8. The van der Waals surface area contributed by atoms with Gasteiger partial charge < -0.3 is 9.57 Å². The van der Waals surface area contributed by atoms with E-state index in [4.69, 9.17) is 44.4 Å². The summed E-state index contributed by atoms with van der Waals surface area (Å²) in [6.07, 6.45) is 0. The molecule has 19 heavy (non-hydrogen) atoms. The van der Waals surface area contributed by atoms with Crippen LogP contribution in [0, 0.1) is 0 Å². The minimum atomic E-state index is 0.395. The molecule has 0 aromatic heterocycles. The summed E-state index contributed by atoms with van der Waals surface area (Å²) < 4.78 is 5.57. The van der Waals surface area contributed by atoms with Gasteiger partial charge in [-0.3, -0.25) is 0 Å². The van der Waals surface area contributed by atoms with E-state index in [1.165, 1.54) is 0 Å². The van der Waals surface area contributed by atoms with Gasteiger partial charge in [0.1, 0.15) is 6.61 Å². The summed E-state index contributed by atoms with van der Waals surface area (Å²) in [5.74, 6) is 0.469. The lowest BCUT2D eigenvalue weighted by Gasteiger charge is -2.12. The van der Waals surface area contributed by atoms with Crippen molar-refractivity contribution in [3.8, 4) is 5.75 Å². The van der Waals surface area contributed by atoms with Gasteiger partial charge in [-0.1, -0.05) is 40.9 Å². The Morgan fingerprint density at radius 2 is 1.95 bits per heavy atom. The van der Waals surface area contributed by atoms with Crippen LogP contribution in [0.1, 0.15) is 0 Å². The Morgan fingerprint density at radius 1 is 1.16 bits per heavy atom. The molecule has 0 radical (unpaired) electrons. The van der Waals surface area contributed by atoms with Crippen molar-refractivity contribution in [2.45, 2.75) is 0 Å². The molecule has 0 aliphatic rings. The Labute approximate surface area is 126 Å². The molecule has 1 N–H and O–H groups in total. The Morgan fingerprint density at radius 3 is 2.68 bits per heavy atom. The maximum atomic E-state index is 6.31. The van der Waals surface area contributed by atoms with E-state index in [0.717, 1.165) is 10.8 Å². The number of hydrogen-bond donors (Lipinski definition) is 1. The van der Waals surface area contributed by atoms with Crippen LogP contribution < -0.4 is 10.2 Å². The molecule has 0 unspecified atom stereocenters. The summed E-state index contributed by atoms with van der Waals surface area (Å²) >= 11 is 18.4. The molecule has 0 spiro atoms. The van der Waals surface area contributed by atoms with Crippen molar-refractivity contribution >= 4 is 45.6 Å². The van der Waals surface area contributed by atoms with Crippen molar-refractivity contribution in [3.63, 3.8) is 0 Å². The number of rotatable bonds is 5. The quantitative estimate of drug-likeness (QED) is 0.657. The van der Waals surface area contributed by atoms with E-state index >= 15 is 0 Å². The normalized spacial score (nSPS) is 10.9. The highest BCUT2D eigenvalue weighted by atomic mass is 35.5. The molecule has 2 aromatic carbocycles. The second-order valence-corrected chi connectivity index (χ2v) is 5.04. The zero-order valence-electron chi connectivity index (χ0n) is 10.2. The summed E-state index contributed by atoms with van der Waals surface area (Å²) in [7, 11) is 1.54. The molecular formula is C13H12Cl3NO2. The summed E-state index contributed by atoms with van der Waals surface area (Å²) in [5.41, 5.74) is 2.67. The highest BCUT2D eigenvalue weighted by Gasteiger charge is 2.12. The maximum absolute atomic E-state index is 6.31. The van der Waals surface area contributed by atoms with Crippen LogP contribution in [0.15, 0.2) is 24.3 Å². The molecule has 0 saturated heterocycles. The number of fused-ring (bicyclic) bond motifs is 1. The van der Waals surface area contributed by atoms with Gasteiger partial charge in [0.15, 0.2) is 5.75 Å². The highest BCUT2D eigenvalue weighted by molar-refractivity contribution is 6.41. The molecule has 3 nitrogen and oxygen atoms in total. The largest absolute Gasteiger partial charge is 0.489 e. The molecular weight excluding hydrogens is 309 g/mol. The van der Waals surface area contributed by atoms with Gasteiger partial charge in [-0.2, -0.15) is 5.48 Å². The average molecular weight is 321 g/mol. The van der Waals surface area contributed by atoms with Gasteiger partial charge in [0.2, 0.25) is 0 Å².